The third kappa shape index (κ3) is 4.28. The van der Waals surface area contributed by atoms with Crippen LogP contribution in [0.2, 0.25) is 0 Å². The van der Waals surface area contributed by atoms with Gasteiger partial charge in [0.05, 0.1) is 12.1 Å². The third-order valence-electron chi connectivity index (χ3n) is 7.51. The van der Waals surface area contributed by atoms with Crippen LogP contribution >= 0.6 is 0 Å². The molecular formula is C27H29F3N4O4. The molecule has 38 heavy (non-hydrogen) atoms. The van der Waals surface area contributed by atoms with Crippen LogP contribution in [0.3, 0.4) is 0 Å². The largest absolute Gasteiger partial charge is 0.487 e. The zero-order valence-corrected chi connectivity index (χ0v) is 21.2. The van der Waals surface area contributed by atoms with E-state index in [0.29, 0.717) is 6.42 Å². The number of benzene rings is 1. The number of amides is 2. The fourth-order valence-corrected chi connectivity index (χ4v) is 5.63. The molecule has 0 radical (unpaired) electrons. The fraction of sp³-hybridized carbons (Fsp3) is 0.444. The van der Waals surface area contributed by atoms with E-state index < -0.39 is 41.4 Å². The Labute approximate surface area is 218 Å². The molecule has 2 amide bonds. The number of pyridine rings is 1. The molecule has 0 aliphatic carbocycles. The van der Waals surface area contributed by atoms with Gasteiger partial charge in [0.2, 0.25) is 5.91 Å². The number of carbonyl (C=O) groups excluding carboxylic acids is 2. The number of nitrogens with zero attached hydrogens (tertiary/aromatic N) is 4. The summed E-state index contributed by atoms with van der Waals surface area (Å²) in [4.78, 5) is 35.5. The minimum absolute atomic E-state index is 0.0669. The summed E-state index contributed by atoms with van der Waals surface area (Å²) in [7, 11) is 0. The second-order valence-electron chi connectivity index (χ2n) is 10.4. The Morgan fingerprint density at radius 3 is 2.66 bits per heavy atom. The third-order valence-corrected chi connectivity index (χ3v) is 7.51. The maximum absolute atomic E-state index is 16.2. The van der Waals surface area contributed by atoms with E-state index in [4.69, 9.17) is 4.74 Å². The highest BCUT2D eigenvalue weighted by Gasteiger charge is 2.45. The number of aliphatic hydroxyl groups excluding tert-OH is 1. The molecule has 2 atom stereocenters. The second kappa shape index (κ2) is 9.61. The van der Waals surface area contributed by atoms with Crippen molar-refractivity contribution in [3.05, 3.63) is 53.9 Å². The van der Waals surface area contributed by atoms with Crippen LogP contribution in [0.15, 0.2) is 36.9 Å². The van der Waals surface area contributed by atoms with Crippen molar-refractivity contribution in [2.75, 3.05) is 37.7 Å². The molecule has 3 aliphatic heterocycles. The Bertz CT molecular complexity index is 1300. The fourth-order valence-electron chi connectivity index (χ4n) is 5.63. The van der Waals surface area contributed by atoms with Gasteiger partial charge in [-0.3, -0.25) is 9.59 Å². The maximum atomic E-state index is 16.2. The highest BCUT2D eigenvalue weighted by Crippen LogP contribution is 2.44. The number of hydrogen-bond donors (Lipinski definition) is 1. The van der Waals surface area contributed by atoms with Crippen LogP contribution in [-0.2, 0) is 4.79 Å². The lowest BCUT2D eigenvalue weighted by Gasteiger charge is -2.40. The number of hydrogen-bond acceptors (Lipinski definition) is 6. The molecule has 1 unspecified atom stereocenters. The lowest BCUT2D eigenvalue weighted by atomic mass is 9.99. The number of halogens is 3. The number of ether oxygens (including phenoxy) is 1. The van der Waals surface area contributed by atoms with E-state index in [0.717, 1.165) is 0 Å². The van der Waals surface area contributed by atoms with E-state index in [-0.39, 0.29) is 67.1 Å². The van der Waals surface area contributed by atoms with E-state index in [1.807, 2.05) is 13.8 Å². The van der Waals surface area contributed by atoms with Crippen LogP contribution in [0.25, 0.3) is 11.3 Å². The normalized spacial score (nSPS) is 22.6. The smallest absolute Gasteiger partial charge is 0.264 e. The van der Waals surface area contributed by atoms with Crippen molar-refractivity contribution in [3.63, 3.8) is 0 Å². The van der Waals surface area contributed by atoms with Gasteiger partial charge in [-0.15, -0.1) is 0 Å². The van der Waals surface area contributed by atoms with Crippen LogP contribution in [0.1, 0.15) is 42.6 Å². The standard InChI is InChI=1S/C27H29F3N4O4/c1-4-19(36)32-9-10-33-15(12-32)14-38-23-20(26(33)37)25(34-13-16(35)11-27(34,2)3)31-22(21(23)28)17-7-5-6-8-18(17)24(29)30/h4-8,15-16,24,35H,1,9-14H2,2-3H3/t15-,16?/m1/s1. The highest BCUT2D eigenvalue weighted by atomic mass is 19.3. The van der Waals surface area contributed by atoms with Gasteiger partial charge in [0.25, 0.3) is 12.3 Å². The van der Waals surface area contributed by atoms with Gasteiger partial charge in [-0.1, -0.05) is 30.8 Å². The number of piperazine rings is 1. The van der Waals surface area contributed by atoms with Gasteiger partial charge in [-0.05, 0) is 26.3 Å². The van der Waals surface area contributed by atoms with Gasteiger partial charge in [0.15, 0.2) is 11.6 Å². The van der Waals surface area contributed by atoms with Gasteiger partial charge in [0.1, 0.15) is 23.7 Å². The number of fused-ring (bicyclic) bond motifs is 2. The van der Waals surface area contributed by atoms with Crippen molar-refractivity contribution < 1.29 is 32.6 Å². The number of rotatable bonds is 4. The predicted molar refractivity (Wildman–Crippen MR) is 134 cm³/mol. The van der Waals surface area contributed by atoms with Crippen molar-refractivity contribution in [3.8, 4) is 17.0 Å². The summed E-state index contributed by atoms with van der Waals surface area (Å²) >= 11 is 0. The molecular weight excluding hydrogens is 501 g/mol. The van der Waals surface area contributed by atoms with Crippen LogP contribution in [-0.4, -0.2) is 82.2 Å². The Morgan fingerprint density at radius 2 is 2.00 bits per heavy atom. The molecule has 2 saturated heterocycles. The number of β-amino-alcohol motifs (C(OH)–C–C–N with tert-alkyl or cyclic N) is 1. The summed E-state index contributed by atoms with van der Waals surface area (Å²) in [6.45, 7) is 7.86. The minimum atomic E-state index is -2.88. The Morgan fingerprint density at radius 1 is 1.26 bits per heavy atom. The first kappa shape index (κ1) is 26.0. The Kier molecular flexibility index (Phi) is 6.58. The summed E-state index contributed by atoms with van der Waals surface area (Å²) in [5, 5.41) is 10.5. The zero-order valence-electron chi connectivity index (χ0n) is 21.2. The first-order chi connectivity index (χ1) is 18.0. The van der Waals surface area contributed by atoms with Gasteiger partial charge in [-0.25, -0.2) is 18.2 Å². The van der Waals surface area contributed by atoms with Gasteiger partial charge in [0, 0.05) is 42.8 Å². The topological polar surface area (TPSA) is 86.2 Å². The van der Waals surface area contributed by atoms with E-state index >= 15 is 4.39 Å². The molecule has 11 heteroatoms. The highest BCUT2D eigenvalue weighted by molar-refractivity contribution is 6.03. The van der Waals surface area contributed by atoms with Gasteiger partial charge >= 0.3 is 0 Å². The summed E-state index contributed by atoms with van der Waals surface area (Å²) in [5.41, 5.74) is -1.65. The number of carbonyl (C=O) groups is 2. The number of aliphatic hydroxyl groups is 1. The molecule has 1 aromatic carbocycles. The monoisotopic (exact) mass is 530 g/mol. The first-order valence-electron chi connectivity index (χ1n) is 12.4. The lowest BCUT2D eigenvalue weighted by molar-refractivity contribution is -0.128. The molecule has 2 fully saturated rings. The van der Waals surface area contributed by atoms with Gasteiger partial charge in [-0.2, -0.15) is 0 Å². The molecule has 0 saturated carbocycles. The van der Waals surface area contributed by atoms with E-state index in [2.05, 4.69) is 11.6 Å². The Balaban J connectivity index is 1.69. The molecule has 1 aromatic heterocycles. The molecule has 0 spiro atoms. The number of anilines is 1. The first-order valence-corrected chi connectivity index (χ1v) is 12.4. The van der Waals surface area contributed by atoms with Crippen LogP contribution in [0.4, 0.5) is 19.0 Å². The van der Waals surface area contributed by atoms with Gasteiger partial charge < -0.3 is 24.5 Å². The molecule has 8 nitrogen and oxygen atoms in total. The average Bonchev–Trinajstić information content (AvgIpc) is 3.08. The quantitative estimate of drug-likeness (QED) is 0.610. The molecule has 3 aliphatic rings. The zero-order chi connectivity index (χ0) is 27.4. The molecule has 0 bridgehead atoms. The van der Waals surface area contributed by atoms with Crippen molar-refractivity contribution in [1.82, 2.24) is 14.8 Å². The summed E-state index contributed by atoms with van der Waals surface area (Å²) < 4.78 is 49.9. The molecule has 2 aromatic rings. The van der Waals surface area contributed by atoms with Crippen molar-refractivity contribution in [2.24, 2.45) is 0 Å². The summed E-state index contributed by atoms with van der Waals surface area (Å²) in [6, 6.07) is 4.94. The Hall–Kier alpha value is -3.60. The molecule has 5 rings (SSSR count). The second-order valence-corrected chi connectivity index (χ2v) is 10.4. The van der Waals surface area contributed by atoms with Crippen LogP contribution < -0.4 is 9.64 Å². The SMILES string of the molecule is C=CC(=O)N1CCN2C(=O)c3c(N4CC(O)CC4(C)C)nc(-c4ccccc4C(F)F)c(F)c3OC[C@H]2C1. The average molecular weight is 531 g/mol. The van der Waals surface area contributed by atoms with Crippen molar-refractivity contribution in [2.45, 2.75) is 44.4 Å². The van der Waals surface area contributed by atoms with E-state index in [9.17, 15) is 23.5 Å². The molecule has 202 valence electrons. The molecule has 4 heterocycles. The van der Waals surface area contributed by atoms with Crippen molar-refractivity contribution in [1.29, 1.82) is 0 Å². The number of alkyl halides is 2. The summed E-state index contributed by atoms with van der Waals surface area (Å²) in [5.74, 6) is -2.13. The van der Waals surface area contributed by atoms with Crippen LogP contribution in [0, 0.1) is 5.82 Å². The maximum Gasteiger partial charge on any atom is 0.264 e. The van der Waals surface area contributed by atoms with E-state index in [1.165, 1.54) is 35.2 Å². The minimum Gasteiger partial charge on any atom is -0.487 e. The summed E-state index contributed by atoms with van der Waals surface area (Å²) in [6.07, 6.45) is -2.06. The lowest BCUT2D eigenvalue weighted by Crippen LogP contribution is -2.57. The van der Waals surface area contributed by atoms with Crippen LogP contribution in [0.5, 0.6) is 5.75 Å². The van der Waals surface area contributed by atoms with E-state index in [1.54, 1.807) is 9.80 Å². The number of aromatic nitrogens is 1. The molecule has 1 N–H and O–H groups in total. The van der Waals surface area contributed by atoms with Crippen molar-refractivity contribution >= 4 is 17.6 Å². The predicted octanol–water partition coefficient (Wildman–Crippen LogP) is 3.41.